The monoisotopic (exact) mass is 350 g/mol. The number of H-pyrrole nitrogens is 1. The van der Waals surface area contributed by atoms with Gasteiger partial charge >= 0.3 is 0 Å². The fraction of sp³-hybridized carbons (Fsp3) is 0.263. The Hall–Kier alpha value is -3.06. The van der Waals surface area contributed by atoms with E-state index in [1.807, 2.05) is 62.3 Å². The number of benzene rings is 1. The van der Waals surface area contributed by atoms with E-state index in [0.29, 0.717) is 11.6 Å². The highest BCUT2D eigenvalue weighted by molar-refractivity contribution is 5.83. The maximum absolute atomic E-state index is 12.8. The lowest BCUT2D eigenvalue weighted by Gasteiger charge is -2.25. The van der Waals surface area contributed by atoms with E-state index in [0.717, 1.165) is 16.7 Å². The second kappa shape index (κ2) is 7.88. The lowest BCUT2D eigenvalue weighted by atomic mass is 10.00. The second-order valence-electron chi connectivity index (χ2n) is 6.28. The maximum atomic E-state index is 12.8. The topological polar surface area (TPSA) is 86.8 Å². The normalized spacial score (nSPS) is 12.2. The number of hydrogen-bond acceptors (Lipinski definition) is 5. The van der Waals surface area contributed by atoms with Gasteiger partial charge < -0.3 is 5.32 Å². The van der Waals surface area contributed by atoms with Crippen LogP contribution in [-0.4, -0.2) is 45.1 Å². The van der Waals surface area contributed by atoms with Crippen molar-refractivity contribution in [2.45, 2.75) is 19.5 Å². The molecular formula is C19H22N6O. The molecule has 0 unspecified atom stereocenters. The van der Waals surface area contributed by atoms with Crippen molar-refractivity contribution < 1.29 is 4.79 Å². The number of rotatable bonds is 6. The standard InChI is InChI=1S/C19H22N6O/c1-13-6-4-5-7-15(13)17(25(2)3)19(26)21-12-16-22-18(24-23-16)14-8-10-20-11-9-14/h4-11,17H,12H2,1-3H3,(H,21,26)(H,22,23,24)/t17-/m1/s1. The summed E-state index contributed by atoms with van der Waals surface area (Å²) in [5.74, 6) is 1.11. The summed E-state index contributed by atoms with van der Waals surface area (Å²) in [5, 5.41) is 10.0. The van der Waals surface area contributed by atoms with Crippen LogP contribution in [0.2, 0.25) is 0 Å². The van der Waals surface area contributed by atoms with Crippen LogP contribution in [0.5, 0.6) is 0 Å². The van der Waals surface area contributed by atoms with Gasteiger partial charge in [0.1, 0.15) is 11.9 Å². The van der Waals surface area contributed by atoms with Crippen molar-refractivity contribution in [2.75, 3.05) is 14.1 Å². The summed E-state index contributed by atoms with van der Waals surface area (Å²) in [6.45, 7) is 2.30. The third kappa shape index (κ3) is 3.94. The Bertz CT molecular complexity index is 875. The minimum Gasteiger partial charge on any atom is -0.347 e. The predicted octanol–water partition coefficient (Wildman–Crippen LogP) is 2.09. The van der Waals surface area contributed by atoms with Crippen molar-refractivity contribution in [1.29, 1.82) is 0 Å². The smallest absolute Gasteiger partial charge is 0.242 e. The number of hydrogen-bond donors (Lipinski definition) is 2. The van der Waals surface area contributed by atoms with E-state index in [-0.39, 0.29) is 18.5 Å². The van der Waals surface area contributed by atoms with Crippen molar-refractivity contribution >= 4 is 5.91 Å². The van der Waals surface area contributed by atoms with E-state index in [1.165, 1.54) is 0 Å². The van der Waals surface area contributed by atoms with Crippen molar-refractivity contribution in [1.82, 2.24) is 30.4 Å². The summed E-state index contributed by atoms with van der Waals surface area (Å²) in [5.41, 5.74) is 2.95. The number of amides is 1. The SMILES string of the molecule is Cc1ccccc1[C@H](C(=O)NCc1nc(-c2ccncc2)n[nH]1)N(C)C. The van der Waals surface area contributed by atoms with Crippen LogP contribution < -0.4 is 5.32 Å². The van der Waals surface area contributed by atoms with Gasteiger partial charge in [0.2, 0.25) is 5.91 Å². The summed E-state index contributed by atoms with van der Waals surface area (Å²) in [6, 6.07) is 11.2. The minimum atomic E-state index is -0.362. The molecule has 2 aromatic heterocycles. The van der Waals surface area contributed by atoms with Crippen molar-refractivity contribution in [3.63, 3.8) is 0 Å². The van der Waals surface area contributed by atoms with E-state index < -0.39 is 0 Å². The number of aromatic nitrogens is 4. The largest absolute Gasteiger partial charge is 0.347 e. The molecule has 2 N–H and O–H groups in total. The molecule has 2 heterocycles. The van der Waals surface area contributed by atoms with Gasteiger partial charge in [0.05, 0.1) is 6.54 Å². The Kier molecular flexibility index (Phi) is 5.38. The lowest BCUT2D eigenvalue weighted by Crippen LogP contribution is -2.37. The zero-order chi connectivity index (χ0) is 18.5. The highest BCUT2D eigenvalue weighted by Crippen LogP contribution is 2.22. The predicted molar refractivity (Wildman–Crippen MR) is 99.1 cm³/mol. The van der Waals surface area contributed by atoms with Crippen LogP contribution >= 0.6 is 0 Å². The molecule has 0 radical (unpaired) electrons. The van der Waals surface area contributed by atoms with Gasteiger partial charge in [0.25, 0.3) is 0 Å². The van der Waals surface area contributed by atoms with Gasteiger partial charge in [-0.3, -0.25) is 19.8 Å². The number of nitrogens with one attached hydrogen (secondary N) is 2. The molecule has 26 heavy (non-hydrogen) atoms. The molecule has 1 atom stereocenters. The molecule has 0 aliphatic rings. The molecule has 7 heteroatoms. The molecule has 0 bridgehead atoms. The van der Waals surface area contributed by atoms with Crippen molar-refractivity contribution in [2.24, 2.45) is 0 Å². The molecule has 1 aromatic carbocycles. The van der Waals surface area contributed by atoms with Gasteiger partial charge in [-0.2, -0.15) is 5.10 Å². The zero-order valence-corrected chi connectivity index (χ0v) is 15.1. The number of aryl methyl sites for hydroxylation is 1. The van der Waals surface area contributed by atoms with Crippen molar-refractivity contribution in [3.8, 4) is 11.4 Å². The average Bonchev–Trinajstić information content (AvgIpc) is 3.11. The maximum Gasteiger partial charge on any atom is 0.242 e. The molecule has 0 saturated carbocycles. The number of pyridine rings is 1. The fourth-order valence-corrected chi connectivity index (χ4v) is 2.82. The quantitative estimate of drug-likeness (QED) is 0.711. The first-order valence-electron chi connectivity index (χ1n) is 8.37. The molecule has 0 saturated heterocycles. The van der Waals surface area contributed by atoms with Crippen molar-refractivity contribution in [3.05, 3.63) is 65.7 Å². The first-order chi connectivity index (χ1) is 12.6. The third-order valence-corrected chi connectivity index (χ3v) is 4.15. The van der Waals surface area contributed by atoms with Crippen LogP contribution in [0.15, 0.2) is 48.8 Å². The molecule has 3 rings (SSSR count). The summed E-state index contributed by atoms with van der Waals surface area (Å²) in [4.78, 5) is 23.1. The molecule has 7 nitrogen and oxygen atoms in total. The average molecular weight is 350 g/mol. The van der Waals surface area contributed by atoms with Gasteiger partial charge in [-0.25, -0.2) is 4.98 Å². The lowest BCUT2D eigenvalue weighted by molar-refractivity contribution is -0.126. The van der Waals surface area contributed by atoms with Gasteiger partial charge in [0.15, 0.2) is 5.82 Å². The zero-order valence-electron chi connectivity index (χ0n) is 15.1. The van der Waals surface area contributed by atoms with Gasteiger partial charge in [-0.05, 0) is 44.3 Å². The number of nitrogens with zero attached hydrogens (tertiary/aromatic N) is 4. The molecule has 3 aromatic rings. The Morgan fingerprint density at radius 1 is 1.19 bits per heavy atom. The van der Waals surface area contributed by atoms with Crippen LogP contribution in [0.25, 0.3) is 11.4 Å². The minimum absolute atomic E-state index is 0.0776. The number of aromatic amines is 1. The Morgan fingerprint density at radius 2 is 1.92 bits per heavy atom. The Balaban J connectivity index is 1.70. The van der Waals surface area contributed by atoms with E-state index in [2.05, 4.69) is 25.5 Å². The summed E-state index contributed by atoms with van der Waals surface area (Å²) in [7, 11) is 3.79. The molecule has 0 fully saturated rings. The number of carbonyl (C=O) groups excluding carboxylic acids is 1. The van der Waals surface area contributed by atoms with Crippen LogP contribution in [0, 0.1) is 6.92 Å². The Labute approximate surface area is 152 Å². The van der Waals surface area contributed by atoms with E-state index in [4.69, 9.17) is 0 Å². The Morgan fingerprint density at radius 3 is 2.62 bits per heavy atom. The van der Waals surface area contributed by atoms with Crippen LogP contribution in [0.3, 0.4) is 0 Å². The molecule has 0 aliphatic carbocycles. The first kappa shape index (κ1) is 17.8. The highest BCUT2D eigenvalue weighted by atomic mass is 16.2. The highest BCUT2D eigenvalue weighted by Gasteiger charge is 2.24. The first-order valence-corrected chi connectivity index (χ1v) is 8.37. The molecule has 0 aliphatic heterocycles. The van der Waals surface area contributed by atoms with Crippen LogP contribution in [-0.2, 0) is 11.3 Å². The molecule has 1 amide bonds. The van der Waals surface area contributed by atoms with Gasteiger partial charge in [-0.1, -0.05) is 24.3 Å². The van der Waals surface area contributed by atoms with E-state index in [1.54, 1.807) is 12.4 Å². The van der Waals surface area contributed by atoms with E-state index >= 15 is 0 Å². The van der Waals surface area contributed by atoms with Crippen LogP contribution in [0.1, 0.15) is 23.0 Å². The van der Waals surface area contributed by atoms with Gasteiger partial charge in [-0.15, -0.1) is 0 Å². The molecule has 0 spiro atoms. The van der Waals surface area contributed by atoms with Gasteiger partial charge in [0, 0.05) is 18.0 Å². The second-order valence-corrected chi connectivity index (χ2v) is 6.28. The fourth-order valence-electron chi connectivity index (χ4n) is 2.82. The number of carbonyl (C=O) groups is 1. The van der Waals surface area contributed by atoms with E-state index in [9.17, 15) is 4.79 Å². The summed E-state index contributed by atoms with van der Waals surface area (Å²) in [6.07, 6.45) is 3.38. The summed E-state index contributed by atoms with van der Waals surface area (Å²) < 4.78 is 0. The van der Waals surface area contributed by atoms with Crippen LogP contribution in [0.4, 0.5) is 0 Å². The molecule has 134 valence electrons. The summed E-state index contributed by atoms with van der Waals surface area (Å²) >= 11 is 0. The number of likely N-dealkylation sites (N-methyl/N-ethyl adjacent to an activating group) is 1. The third-order valence-electron chi connectivity index (χ3n) is 4.15. The molecular weight excluding hydrogens is 328 g/mol.